The maximum absolute atomic E-state index is 12.8. The molecule has 4 rings (SSSR count). The van der Waals surface area contributed by atoms with Crippen LogP contribution in [0.5, 0.6) is 0 Å². The molecule has 1 aliphatic heterocycles. The number of aromatic nitrogens is 4. The fourth-order valence-corrected chi connectivity index (χ4v) is 3.94. The number of nitrogens with one attached hydrogen (secondary N) is 2. The lowest BCUT2D eigenvalue weighted by atomic mass is 10.1. The lowest BCUT2D eigenvalue weighted by Gasteiger charge is -2.26. The Kier molecular flexibility index (Phi) is 2.86. The fourth-order valence-electron chi connectivity index (χ4n) is 2.82. The third-order valence-corrected chi connectivity index (χ3v) is 5.20. The molecule has 0 radical (unpaired) electrons. The van der Waals surface area contributed by atoms with E-state index in [-0.39, 0.29) is 11.5 Å². The van der Waals surface area contributed by atoms with Gasteiger partial charge in [0.15, 0.2) is 0 Å². The number of aromatic amines is 2. The quantitative estimate of drug-likeness (QED) is 0.706. The molecule has 0 spiro atoms. The van der Waals surface area contributed by atoms with Crippen molar-refractivity contribution in [2.45, 2.75) is 19.9 Å². The number of fused-ring (bicyclic) bond motifs is 2. The standard InChI is InChI=1S/C14H13N5O2S/c1-7-10-12(20)15-6-16-13(10)22-11(7)14(21)19-3-2-9-8(5-19)4-17-18-9/h4,6H,2-3,5H2,1H3,(H,17,18)(H,15,16,20). The first-order chi connectivity index (χ1) is 10.6. The second-order valence-corrected chi connectivity index (χ2v) is 6.32. The van der Waals surface area contributed by atoms with E-state index < -0.39 is 0 Å². The Balaban J connectivity index is 1.74. The minimum atomic E-state index is -0.200. The van der Waals surface area contributed by atoms with Crippen LogP contribution in [0.2, 0.25) is 0 Å². The molecule has 0 bridgehead atoms. The maximum Gasteiger partial charge on any atom is 0.264 e. The van der Waals surface area contributed by atoms with Gasteiger partial charge in [0, 0.05) is 30.8 Å². The summed E-state index contributed by atoms with van der Waals surface area (Å²) in [6.07, 6.45) is 3.90. The lowest BCUT2D eigenvalue weighted by molar-refractivity contribution is 0.0738. The number of amides is 1. The van der Waals surface area contributed by atoms with Crippen LogP contribution in [-0.2, 0) is 13.0 Å². The van der Waals surface area contributed by atoms with E-state index in [2.05, 4.69) is 20.2 Å². The van der Waals surface area contributed by atoms with Crippen molar-refractivity contribution >= 4 is 27.5 Å². The number of hydrogen-bond donors (Lipinski definition) is 2. The molecule has 0 saturated heterocycles. The van der Waals surface area contributed by atoms with Crippen molar-refractivity contribution in [1.29, 1.82) is 0 Å². The molecule has 8 heteroatoms. The summed E-state index contributed by atoms with van der Waals surface area (Å²) in [6.45, 7) is 2.99. The molecule has 0 atom stereocenters. The summed E-state index contributed by atoms with van der Waals surface area (Å²) in [5.41, 5.74) is 2.65. The molecule has 4 heterocycles. The van der Waals surface area contributed by atoms with Gasteiger partial charge in [0.1, 0.15) is 4.83 Å². The highest BCUT2D eigenvalue weighted by atomic mass is 32.1. The van der Waals surface area contributed by atoms with Crippen molar-refractivity contribution in [2.24, 2.45) is 0 Å². The van der Waals surface area contributed by atoms with Crippen molar-refractivity contribution in [1.82, 2.24) is 25.1 Å². The van der Waals surface area contributed by atoms with Gasteiger partial charge in [0.25, 0.3) is 11.5 Å². The molecule has 0 aliphatic carbocycles. The zero-order valence-electron chi connectivity index (χ0n) is 11.8. The van der Waals surface area contributed by atoms with Gasteiger partial charge in [-0.05, 0) is 12.5 Å². The van der Waals surface area contributed by atoms with Crippen LogP contribution in [0.1, 0.15) is 26.5 Å². The van der Waals surface area contributed by atoms with E-state index >= 15 is 0 Å². The number of rotatable bonds is 1. The molecule has 7 nitrogen and oxygen atoms in total. The Morgan fingerprint density at radius 2 is 2.32 bits per heavy atom. The summed E-state index contributed by atoms with van der Waals surface area (Å²) in [6, 6.07) is 0. The van der Waals surface area contributed by atoms with E-state index in [9.17, 15) is 9.59 Å². The minimum Gasteiger partial charge on any atom is -0.333 e. The summed E-state index contributed by atoms with van der Waals surface area (Å²) >= 11 is 1.28. The molecule has 112 valence electrons. The van der Waals surface area contributed by atoms with E-state index in [0.717, 1.165) is 17.7 Å². The number of nitrogens with zero attached hydrogens (tertiary/aromatic N) is 3. The third kappa shape index (κ3) is 1.87. The largest absolute Gasteiger partial charge is 0.333 e. The molecule has 3 aromatic heterocycles. The number of carbonyl (C=O) groups is 1. The van der Waals surface area contributed by atoms with E-state index in [1.54, 1.807) is 18.0 Å². The number of carbonyl (C=O) groups excluding carboxylic acids is 1. The van der Waals surface area contributed by atoms with Crippen LogP contribution < -0.4 is 5.56 Å². The normalized spacial score (nSPS) is 14.3. The van der Waals surface area contributed by atoms with E-state index in [4.69, 9.17) is 0 Å². The van der Waals surface area contributed by atoms with Gasteiger partial charge in [0.05, 0.1) is 22.8 Å². The summed E-state index contributed by atoms with van der Waals surface area (Å²) in [5, 5.41) is 7.49. The van der Waals surface area contributed by atoms with Gasteiger partial charge in [-0.15, -0.1) is 11.3 Å². The van der Waals surface area contributed by atoms with Crippen LogP contribution in [0.3, 0.4) is 0 Å². The second kappa shape index (κ2) is 4.77. The Morgan fingerprint density at radius 1 is 1.45 bits per heavy atom. The Hall–Kier alpha value is -2.48. The van der Waals surface area contributed by atoms with Gasteiger partial charge < -0.3 is 9.88 Å². The van der Waals surface area contributed by atoms with Crippen LogP contribution in [0, 0.1) is 6.92 Å². The predicted octanol–water partition coefficient (Wildman–Crippen LogP) is 1.21. The molecule has 2 N–H and O–H groups in total. The van der Waals surface area contributed by atoms with E-state index in [0.29, 0.717) is 33.7 Å². The second-order valence-electron chi connectivity index (χ2n) is 5.32. The highest BCUT2D eigenvalue weighted by Crippen LogP contribution is 2.29. The van der Waals surface area contributed by atoms with Gasteiger partial charge >= 0.3 is 0 Å². The number of H-pyrrole nitrogens is 2. The van der Waals surface area contributed by atoms with Crippen LogP contribution in [-0.4, -0.2) is 37.5 Å². The summed E-state index contributed by atoms with van der Waals surface area (Å²) in [5.74, 6) is -0.0493. The zero-order valence-corrected chi connectivity index (χ0v) is 12.7. The molecule has 0 fully saturated rings. The van der Waals surface area contributed by atoms with Crippen LogP contribution in [0.25, 0.3) is 10.2 Å². The number of aryl methyl sites for hydroxylation is 1. The van der Waals surface area contributed by atoms with Gasteiger partial charge in [-0.3, -0.25) is 14.7 Å². The average Bonchev–Trinajstić information content (AvgIpc) is 3.11. The molecule has 1 amide bonds. The molecular formula is C14H13N5O2S. The Labute approximate surface area is 129 Å². The molecule has 0 unspecified atom stereocenters. The topological polar surface area (TPSA) is 94.7 Å². The molecular weight excluding hydrogens is 302 g/mol. The summed E-state index contributed by atoms with van der Waals surface area (Å²) < 4.78 is 0. The first kappa shape index (κ1) is 13.2. The van der Waals surface area contributed by atoms with Gasteiger partial charge in [0.2, 0.25) is 0 Å². The highest BCUT2D eigenvalue weighted by Gasteiger charge is 2.26. The Morgan fingerprint density at radius 3 is 3.14 bits per heavy atom. The SMILES string of the molecule is Cc1c(C(=O)N2CCc3[nH]ncc3C2)sc2nc[nH]c(=O)c12. The van der Waals surface area contributed by atoms with Crippen molar-refractivity contribution in [3.8, 4) is 0 Å². The van der Waals surface area contributed by atoms with E-state index in [1.807, 2.05) is 0 Å². The van der Waals surface area contributed by atoms with Crippen molar-refractivity contribution < 1.29 is 4.79 Å². The number of hydrogen-bond acceptors (Lipinski definition) is 5. The maximum atomic E-state index is 12.8. The third-order valence-electron chi connectivity index (χ3n) is 4.01. The monoisotopic (exact) mass is 315 g/mol. The Bertz CT molecular complexity index is 938. The van der Waals surface area contributed by atoms with Crippen molar-refractivity contribution in [2.75, 3.05) is 6.54 Å². The van der Waals surface area contributed by atoms with Crippen LogP contribution in [0.15, 0.2) is 17.3 Å². The molecule has 3 aromatic rings. The van der Waals surface area contributed by atoms with Crippen LogP contribution >= 0.6 is 11.3 Å². The zero-order chi connectivity index (χ0) is 15.3. The first-order valence-electron chi connectivity index (χ1n) is 6.92. The molecule has 1 aliphatic rings. The fraction of sp³-hybridized carbons (Fsp3) is 0.286. The van der Waals surface area contributed by atoms with E-state index in [1.165, 1.54) is 17.7 Å². The predicted molar refractivity (Wildman–Crippen MR) is 82.0 cm³/mol. The van der Waals surface area contributed by atoms with Gasteiger partial charge in [-0.2, -0.15) is 5.10 Å². The van der Waals surface area contributed by atoms with Gasteiger partial charge in [-0.25, -0.2) is 4.98 Å². The van der Waals surface area contributed by atoms with Crippen LogP contribution in [0.4, 0.5) is 0 Å². The summed E-state index contributed by atoms with van der Waals surface area (Å²) in [7, 11) is 0. The molecule has 0 aromatic carbocycles. The van der Waals surface area contributed by atoms with Crippen molar-refractivity contribution in [3.05, 3.63) is 44.6 Å². The average molecular weight is 315 g/mol. The number of thiophene rings is 1. The molecule has 0 saturated carbocycles. The first-order valence-corrected chi connectivity index (χ1v) is 7.74. The van der Waals surface area contributed by atoms with Crippen molar-refractivity contribution in [3.63, 3.8) is 0 Å². The van der Waals surface area contributed by atoms with Gasteiger partial charge in [-0.1, -0.05) is 0 Å². The lowest BCUT2D eigenvalue weighted by Crippen LogP contribution is -2.35. The highest BCUT2D eigenvalue weighted by molar-refractivity contribution is 7.20. The summed E-state index contributed by atoms with van der Waals surface area (Å²) in [4.78, 5) is 34.4. The molecule has 22 heavy (non-hydrogen) atoms. The minimum absolute atomic E-state index is 0.0493. The smallest absolute Gasteiger partial charge is 0.264 e.